The average molecular weight is 496 g/mol. The fourth-order valence-corrected chi connectivity index (χ4v) is 5.07. The minimum atomic E-state index is -3.77. The summed E-state index contributed by atoms with van der Waals surface area (Å²) in [4.78, 5) is 16.9. The zero-order valence-corrected chi connectivity index (χ0v) is 20.2. The number of rotatable bonds is 7. The Kier molecular flexibility index (Phi) is 7.67. The number of nitrogens with one attached hydrogen (secondary N) is 1. The third-order valence-electron chi connectivity index (χ3n) is 5.66. The van der Waals surface area contributed by atoms with Gasteiger partial charge in [-0.1, -0.05) is 66.2 Å². The van der Waals surface area contributed by atoms with E-state index >= 15 is 0 Å². The molecule has 1 aliphatic rings. The number of anilines is 1. The van der Waals surface area contributed by atoms with Crippen molar-refractivity contribution in [2.45, 2.75) is 11.4 Å². The topological polar surface area (TPSA) is 69.7 Å². The third-order valence-corrected chi connectivity index (χ3v) is 7.37. The molecule has 0 aliphatic carbocycles. The van der Waals surface area contributed by atoms with Crippen LogP contribution in [0.5, 0.6) is 0 Å². The summed E-state index contributed by atoms with van der Waals surface area (Å²) >= 11 is 6.05. The molecular formula is C26H26ClN3O3S. The Bertz CT molecular complexity index is 1250. The van der Waals surface area contributed by atoms with Crippen LogP contribution in [0.2, 0.25) is 5.02 Å². The molecule has 1 fully saturated rings. The predicted molar refractivity (Wildman–Crippen MR) is 136 cm³/mol. The maximum atomic E-state index is 12.6. The largest absolute Gasteiger partial charge is 0.337 e. The summed E-state index contributed by atoms with van der Waals surface area (Å²) < 4.78 is 27.7. The van der Waals surface area contributed by atoms with E-state index in [1.165, 1.54) is 17.7 Å². The summed E-state index contributed by atoms with van der Waals surface area (Å²) in [5.74, 6) is -0.0450. The van der Waals surface area contributed by atoms with E-state index in [0.717, 1.165) is 25.2 Å². The number of carbonyl (C=O) groups is 1. The zero-order valence-electron chi connectivity index (χ0n) is 18.6. The van der Waals surface area contributed by atoms with Crippen LogP contribution in [0.25, 0.3) is 6.08 Å². The van der Waals surface area contributed by atoms with Crippen molar-refractivity contribution in [2.24, 2.45) is 0 Å². The second-order valence-corrected chi connectivity index (χ2v) is 10.2. The summed E-state index contributed by atoms with van der Waals surface area (Å²) in [6.45, 7) is 3.92. The second-order valence-electron chi connectivity index (χ2n) is 8.07. The van der Waals surface area contributed by atoms with Gasteiger partial charge in [0.1, 0.15) is 0 Å². The van der Waals surface area contributed by atoms with Crippen LogP contribution in [0.15, 0.2) is 89.8 Å². The van der Waals surface area contributed by atoms with Gasteiger partial charge in [-0.05, 0) is 41.5 Å². The monoisotopic (exact) mass is 495 g/mol. The minimum Gasteiger partial charge on any atom is -0.337 e. The van der Waals surface area contributed by atoms with E-state index in [1.54, 1.807) is 48.6 Å². The molecule has 1 aliphatic heterocycles. The summed E-state index contributed by atoms with van der Waals surface area (Å²) in [6.07, 6.45) is 3.24. The number of sulfonamides is 1. The van der Waals surface area contributed by atoms with Crippen molar-refractivity contribution in [3.8, 4) is 0 Å². The number of hydrogen-bond donors (Lipinski definition) is 1. The lowest BCUT2D eigenvalue weighted by molar-refractivity contribution is -0.127. The number of amides is 1. The van der Waals surface area contributed by atoms with E-state index in [4.69, 9.17) is 11.6 Å². The normalized spacial score (nSPS) is 14.9. The van der Waals surface area contributed by atoms with Crippen LogP contribution in [-0.2, 0) is 21.4 Å². The van der Waals surface area contributed by atoms with E-state index in [-0.39, 0.29) is 10.8 Å². The fraction of sp³-hybridized carbons (Fsp3) is 0.192. The second kappa shape index (κ2) is 10.9. The van der Waals surface area contributed by atoms with Gasteiger partial charge in [0.05, 0.1) is 15.6 Å². The van der Waals surface area contributed by atoms with Crippen LogP contribution in [0.1, 0.15) is 11.1 Å². The molecule has 0 spiro atoms. The Morgan fingerprint density at radius 2 is 1.53 bits per heavy atom. The summed E-state index contributed by atoms with van der Waals surface area (Å²) in [6, 6.07) is 23.3. The van der Waals surface area contributed by atoms with Gasteiger partial charge in [-0.25, -0.2) is 8.42 Å². The van der Waals surface area contributed by atoms with Crippen molar-refractivity contribution >= 4 is 39.3 Å². The van der Waals surface area contributed by atoms with E-state index in [2.05, 4.69) is 21.8 Å². The Labute approximate surface area is 205 Å². The molecule has 0 bridgehead atoms. The maximum absolute atomic E-state index is 12.6. The Hall–Kier alpha value is -3.13. The molecule has 34 heavy (non-hydrogen) atoms. The van der Waals surface area contributed by atoms with Gasteiger partial charge in [-0.2, -0.15) is 0 Å². The Balaban J connectivity index is 1.31. The van der Waals surface area contributed by atoms with Gasteiger partial charge in [-0.15, -0.1) is 0 Å². The van der Waals surface area contributed by atoms with E-state index in [0.29, 0.717) is 23.8 Å². The molecule has 8 heteroatoms. The highest BCUT2D eigenvalue weighted by Gasteiger charge is 2.20. The first-order valence-electron chi connectivity index (χ1n) is 11.0. The van der Waals surface area contributed by atoms with Crippen LogP contribution in [-0.4, -0.2) is 50.3 Å². The first-order valence-corrected chi connectivity index (χ1v) is 12.9. The zero-order chi connectivity index (χ0) is 24.0. The van der Waals surface area contributed by atoms with Crippen molar-refractivity contribution in [3.63, 3.8) is 0 Å². The molecular weight excluding hydrogens is 470 g/mol. The molecule has 3 aromatic carbocycles. The number of halogens is 1. The number of carbonyl (C=O) groups excluding carboxylic acids is 1. The van der Waals surface area contributed by atoms with E-state index < -0.39 is 10.0 Å². The average Bonchev–Trinajstić information content (AvgIpc) is 2.85. The minimum absolute atomic E-state index is 0.0450. The van der Waals surface area contributed by atoms with E-state index in [1.807, 2.05) is 23.1 Å². The number of benzene rings is 3. The predicted octanol–water partition coefficient (Wildman–Crippen LogP) is 4.50. The lowest BCUT2D eigenvalue weighted by Crippen LogP contribution is -2.47. The van der Waals surface area contributed by atoms with Gasteiger partial charge in [0.15, 0.2) is 0 Å². The quantitative estimate of drug-likeness (QED) is 0.490. The molecule has 0 radical (unpaired) electrons. The molecule has 6 nitrogen and oxygen atoms in total. The first-order chi connectivity index (χ1) is 16.4. The summed E-state index contributed by atoms with van der Waals surface area (Å²) in [7, 11) is -3.77. The molecule has 1 amide bonds. The van der Waals surface area contributed by atoms with Crippen LogP contribution in [0.4, 0.5) is 5.69 Å². The van der Waals surface area contributed by atoms with Gasteiger partial charge >= 0.3 is 0 Å². The standard InChI is InChI=1S/C26H26ClN3O3S/c27-24-8-4-5-9-25(24)28-34(32,33)23-13-10-21(11-14-23)12-15-26(31)30-18-16-29(17-19-30)20-22-6-2-1-3-7-22/h1-15,28H,16-20H2/b15-12+. The van der Waals surface area contributed by atoms with Crippen molar-refractivity contribution in [2.75, 3.05) is 30.9 Å². The lowest BCUT2D eigenvalue weighted by atomic mass is 10.2. The molecule has 0 aromatic heterocycles. The molecule has 1 heterocycles. The van der Waals surface area contributed by atoms with Gasteiger partial charge in [0.2, 0.25) is 5.91 Å². The summed E-state index contributed by atoms with van der Waals surface area (Å²) in [5.41, 5.74) is 2.34. The van der Waals surface area contributed by atoms with Crippen molar-refractivity contribution in [3.05, 3.63) is 101 Å². The number of hydrogen-bond acceptors (Lipinski definition) is 4. The van der Waals surface area contributed by atoms with Gasteiger partial charge in [0.25, 0.3) is 10.0 Å². The number of piperazine rings is 1. The molecule has 3 aromatic rings. The molecule has 1 saturated heterocycles. The Morgan fingerprint density at radius 1 is 0.882 bits per heavy atom. The Morgan fingerprint density at radius 3 is 2.21 bits per heavy atom. The molecule has 1 N–H and O–H groups in total. The molecule has 176 valence electrons. The van der Waals surface area contributed by atoms with Gasteiger partial charge in [-0.3, -0.25) is 14.4 Å². The molecule has 4 rings (SSSR count). The molecule has 0 unspecified atom stereocenters. The van der Waals surface area contributed by atoms with Crippen LogP contribution in [0.3, 0.4) is 0 Å². The number of nitrogens with zero attached hydrogens (tertiary/aromatic N) is 2. The van der Waals surface area contributed by atoms with Gasteiger partial charge < -0.3 is 4.90 Å². The highest BCUT2D eigenvalue weighted by molar-refractivity contribution is 7.92. The fourth-order valence-electron chi connectivity index (χ4n) is 3.75. The highest BCUT2D eigenvalue weighted by Crippen LogP contribution is 2.24. The molecule has 0 saturated carbocycles. The lowest BCUT2D eigenvalue weighted by Gasteiger charge is -2.34. The SMILES string of the molecule is O=C(/C=C/c1ccc(S(=O)(=O)Nc2ccccc2Cl)cc1)N1CCN(Cc2ccccc2)CC1. The van der Waals surface area contributed by atoms with Crippen LogP contribution < -0.4 is 4.72 Å². The van der Waals surface area contributed by atoms with Gasteiger partial charge in [0, 0.05) is 38.8 Å². The number of para-hydroxylation sites is 1. The smallest absolute Gasteiger partial charge is 0.261 e. The highest BCUT2D eigenvalue weighted by atomic mass is 35.5. The third kappa shape index (κ3) is 6.26. The van der Waals surface area contributed by atoms with Crippen LogP contribution >= 0.6 is 11.6 Å². The van der Waals surface area contributed by atoms with Crippen LogP contribution in [0, 0.1) is 0 Å². The van der Waals surface area contributed by atoms with Crippen molar-refractivity contribution in [1.82, 2.24) is 9.80 Å². The maximum Gasteiger partial charge on any atom is 0.261 e. The van der Waals surface area contributed by atoms with Crippen molar-refractivity contribution in [1.29, 1.82) is 0 Å². The molecule has 0 atom stereocenters. The first kappa shape index (κ1) is 24.0. The van der Waals surface area contributed by atoms with E-state index in [9.17, 15) is 13.2 Å². The summed E-state index contributed by atoms with van der Waals surface area (Å²) in [5, 5.41) is 0.324. The van der Waals surface area contributed by atoms with Crippen molar-refractivity contribution < 1.29 is 13.2 Å².